The molecule has 1 nitrogen and oxygen atoms in total. The maximum absolute atomic E-state index is 5.13. The lowest BCUT2D eigenvalue weighted by atomic mass is 10.1. The van der Waals surface area contributed by atoms with E-state index in [4.69, 9.17) is 4.42 Å². The Labute approximate surface area is 67.7 Å². The molecule has 0 aliphatic rings. The number of rotatable bonds is 3. The maximum atomic E-state index is 5.13. The number of allylic oxidation sites excluding steroid dienone is 1. The van der Waals surface area contributed by atoms with Gasteiger partial charge < -0.3 is 4.42 Å². The first kappa shape index (κ1) is 8.12. The van der Waals surface area contributed by atoms with Crippen LogP contribution >= 0.6 is 0 Å². The zero-order valence-electron chi connectivity index (χ0n) is 7.08. The summed E-state index contributed by atoms with van der Waals surface area (Å²) in [6.45, 7) is 4.40. The van der Waals surface area contributed by atoms with Gasteiger partial charge in [0.1, 0.15) is 5.76 Å². The molecule has 0 fully saturated rings. The quantitative estimate of drug-likeness (QED) is 0.644. The number of hydrogen-bond acceptors (Lipinski definition) is 1. The van der Waals surface area contributed by atoms with E-state index in [1.54, 1.807) is 6.26 Å². The molecule has 0 saturated heterocycles. The molecule has 11 heavy (non-hydrogen) atoms. The van der Waals surface area contributed by atoms with E-state index in [0.29, 0.717) is 0 Å². The molecule has 1 rings (SSSR count). The lowest BCUT2D eigenvalue weighted by Gasteiger charge is -1.94. The largest absolute Gasteiger partial charge is 0.465 e. The summed E-state index contributed by atoms with van der Waals surface area (Å²) in [6, 6.07) is 3.85. The Bertz CT molecular complexity index is 207. The zero-order chi connectivity index (χ0) is 8.10. The van der Waals surface area contributed by atoms with Crippen molar-refractivity contribution in [3.8, 4) is 0 Å². The first-order valence-electron chi connectivity index (χ1n) is 3.99. The van der Waals surface area contributed by atoms with Crippen LogP contribution in [0.15, 0.2) is 28.9 Å². The Balaban J connectivity index is 2.37. The molecule has 1 heteroatoms. The Morgan fingerprint density at radius 1 is 1.55 bits per heavy atom. The third-order valence-electron chi connectivity index (χ3n) is 1.43. The Morgan fingerprint density at radius 3 is 2.91 bits per heavy atom. The van der Waals surface area contributed by atoms with Crippen LogP contribution in [0, 0.1) is 5.92 Å². The second-order valence-corrected chi connectivity index (χ2v) is 3.05. The molecule has 0 radical (unpaired) electrons. The van der Waals surface area contributed by atoms with E-state index >= 15 is 0 Å². The normalized spacial score (nSPS) is 11.5. The zero-order valence-corrected chi connectivity index (χ0v) is 7.08. The van der Waals surface area contributed by atoms with Crippen LogP contribution in [0.1, 0.15) is 26.0 Å². The van der Waals surface area contributed by atoms with Gasteiger partial charge in [0, 0.05) is 0 Å². The molecule has 1 aromatic rings. The fraction of sp³-hybridized carbons (Fsp3) is 0.400. The van der Waals surface area contributed by atoms with E-state index in [1.807, 2.05) is 18.2 Å². The van der Waals surface area contributed by atoms with E-state index in [-0.39, 0.29) is 0 Å². The third kappa shape index (κ3) is 3.08. The van der Waals surface area contributed by atoms with E-state index in [2.05, 4.69) is 19.9 Å². The number of furan rings is 1. The highest BCUT2D eigenvalue weighted by Crippen LogP contribution is 2.06. The van der Waals surface area contributed by atoms with Gasteiger partial charge in [0.15, 0.2) is 0 Å². The first-order valence-corrected chi connectivity index (χ1v) is 3.99. The minimum atomic E-state index is 0.723. The van der Waals surface area contributed by atoms with Crippen LogP contribution in [-0.2, 0) is 0 Å². The molecule has 0 aliphatic heterocycles. The van der Waals surface area contributed by atoms with E-state index in [1.165, 1.54) is 0 Å². The van der Waals surface area contributed by atoms with Crippen LogP contribution in [0.5, 0.6) is 0 Å². The highest BCUT2D eigenvalue weighted by molar-refractivity contribution is 5.41. The molecule has 0 saturated carbocycles. The average molecular weight is 150 g/mol. The summed E-state index contributed by atoms with van der Waals surface area (Å²) in [5.74, 6) is 1.66. The Morgan fingerprint density at radius 2 is 2.36 bits per heavy atom. The summed E-state index contributed by atoms with van der Waals surface area (Å²) in [7, 11) is 0. The minimum absolute atomic E-state index is 0.723. The van der Waals surface area contributed by atoms with Gasteiger partial charge in [0.05, 0.1) is 6.26 Å². The molecule has 0 atom stereocenters. The van der Waals surface area contributed by atoms with Crippen LogP contribution in [0.3, 0.4) is 0 Å². The van der Waals surface area contributed by atoms with Gasteiger partial charge in [-0.15, -0.1) is 0 Å². The van der Waals surface area contributed by atoms with Gasteiger partial charge >= 0.3 is 0 Å². The minimum Gasteiger partial charge on any atom is -0.465 e. The molecule has 0 spiro atoms. The van der Waals surface area contributed by atoms with Crippen LogP contribution in [0.25, 0.3) is 6.08 Å². The standard InChI is InChI=1S/C10H14O/c1-9(2)5-3-6-10-7-4-8-11-10/h3-4,6-9H,5H2,1-2H3/b6-3-. The summed E-state index contributed by atoms with van der Waals surface area (Å²) >= 11 is 0. The van der Waals surface area contributed by atoms with Crippen molar-refractivity contribution in [3.05, 3.63) is 30.2 Å². The van der Waals surface area contributed by atoms with Crippen molar-refractivity contribution < 1.29 is 4.42 Å². The third-order valence-corrected chi connectivity index (χ3v) is 1.43. The van der Waals surface area contributed by atoms with Gasteiger partial charge in [0.2, 0.25) is 0 Å². The van der Waals surface area contributed by atoms with Crippen molar-refractivity contribution in [3.63, 3.8) is 0 Å². The molecule has 0 aromatic carbocycles. The fourth-order valence-corrected chi connectivity index (χ4v) is 0.842. The van der Waals surface area contributed by atoms with Crippen molar-refractivity contribution in [2.75, 3.05) is 0 Å². The lowest BCUT2D eigenvalue weighted by molar-refractivity contribution is 0.556. The molecular formula is C10H14O. The fourth-order valence-electron chi connectivity index (χ4n) is 0.842. The predicted molar refractivity (Wildman–Crippen MR) is 47.2 cm³/mol. The molecule has 0 aliphatic carbocycles. The van der Waals surface area contributed by atoms with Crippen molar-refractivity contribution in [1.82, 2.24) is 0 Å². The topological polar surface area (TPSA) is 13.1 Å². The molecule has 1 aromatic heterocycles. The first-order chi connectivity index (χ1) is 5.29. The van der Waals surface area contributed by atoms with Gasteiger partial charge in [-0.2, -0.15) is 0 Å². The summed E-state index contributed by atoms with van der Waals surface area (Å²) in [6.07, 6.45) is 6.96. The summed E-state index contributed by atoms with van der Waals surface area (Å²) in [5, 5.41) is 0. The van der Waals surface area contributed by atoms with Gasteiger partial charge in [-0.3, -0.25) is 0 Å². The molecule has 60 valence electrons. The van der Waals surface area contributed by atoms with Crippen molar-refractivity contribution >= 4 is 6.08 Å². The monoisotopic (exact) mass is 150 g/mol. The van der Waals surface area contributed by atoms with E-state index in [9.17, 15) is 0 Å². The van der Waals surface area contributed by atoms with E-state index in [0.717, 1.165) is 18.1 Å². The summed E-state index contributed by atoms with van der Waals surface area (Å²) in [5.41, 5.74) is 0. The molecular weight excluding hydrogens is 136 g/mol. The Kier molecular flexibility index (Phi) is 2.96. The van der Waals surface area contributed by atoms with Gasteiger partial charge in [0.25, 0.3) is 0 Å². The van der Waals surface area contributed by atoms with Crippen LogP contribution in [0.4, 0.5) is 0 Å². The molecule has 0 N–H and O–H groups in total. The van der Waals surface area contributed by atoms with Crippen molar-refractivity contribution in [2.45, 2.75) is 20.3 Å². The van der Waals surface area contributed by atoms with Crippen LogP contribution in [0.2, 0.25) is 0 Å². The predicted octanol–water partition coefficient (Wildman–Crippen LogP) is 3.34. The maximum Gasteiger partial charge on any atom is 0.126 e. The summed E-state index contributed by atoms with van der Waals surface area (Å²) < 4.78 is 5.13. The highest BCUT2D eigenvalue weighted by Gasteiger charge is 1.89. The lowest BCUT2D eigenvalue weighted by Crippen LogP contribution is -1.80. The Hall–Kier alpha value is -0.980. The van der Waals surface area contributed by atoms with Gasteiger partial charge in [-0.1, -0.05) is 19.9 Å². The molecule has 1 heterocycles. The van der Waals surface area contributed by atoms with Crippen LogP contribution < -0.4 is 0 Å². The van der Waals surface area contributed by atoms with Crippen molar-refractivity contribution in [2.24, 2.45) is 5.92 Å². The molecule has 0 amide bonds. The van der Waals surface area contributed by atoms with Crippen LogP contribution in [-0.4, -0.2) is 0 Å². The molecule has 0 bridgehead atoms. The second kappa shape index (κ2) is 4.02. The summed E-state index contributed by atoms with van der Waals surface area (Å²) in [4.78, 5) is 0. The second-order valence-electron chi connectivity index (χ2n) is 3.05. The van der Waals surface area contributed by atoms with E-state index < -0.39 is 0 Å². The smallest absolute Gasteiger partial charge is 0.126 e. The number of hydrogen-bond donors (Lipinski definition) is 0. The molecule has 0 unspecified atom stereocenters. The SMILES string of the molecule is CC(C)C/C=C\c1ccco1. The highest BCUT2D eigenvalue weighted by atomic mass is 16.3. The average Bonchev–Trinajstić information content (AvgIpc) is 2.39. The van der Waals surface area contributed by atoms with Crippen molar-refractivity contribution in [1.29, 1.82) is 0 Å². The van der Waals surface area contributed by atoms with Gasteiger partial charge in [-0.25, -0.2) is 0 Å². The van der Waals surface area contributed by atoms with Gasteiger partial charge in [-0.05, 0) is 30.5 Å².